The molecule has 3 heteroatoms. The number of ketones is 2. The fourth-order valence-corrected chi connectivity index (χ4v) is 3.70. The Kier molecular flexibility index (Phi) is 3.63. The summed E-state index contributed by atoms with van der Waals surface area (Å²) in [6.07, 6.45) is 1.81. The molecule has 1 heterocycles. The van der Waals surface area contributed by atoms with Crippen LogP contribution in [0, 0.1) is 6.92 Å². The zero-order valence-electron chi connectivity index (χ0n) is 15.2. The molecule has 0 N–H and O–H groups in total. The molecule has 0 spiro atoms. The maximum absolute atomic E-state index is 13.1. The lowest BCUT2D eigenvalue weighted by Gasteiger charge is -2.21. The number of Topliss-reactive ketones (excluding diaryl/α,β-unsaturated/α-hetero) is 2. The van der Waals surface area contributed by atoms with Gasteiger partial charge < -0.3 is 4.74 Å². The molecule has 3 aromatic rings. The van der Waals surface area contributed by atoms with Crippen molar-refractivity contribution in [3.63, 3.8) is 0 Å². The van der Waals surface area contributed by atoms with Crippen molar-refractivity contribution in [2.45, 2.75) is 6.92 Å². The van der Waals surface area contributed by atoms with Crippen molar-refractivity contribution in [3.05, 3.63) is 112 Å². The minimum absolute atomic E-state index is 0.210. The second-order valence-corrected chi connectivity index (χ2v) is 6.97. The Morgan fingerprint density at radius 2 is 1.25 bits per heavy atom. The van der Waals surface area contributed by atoms with E-state index in [0.717, 1.165) is 16.7 Å². The number of benzene rings is 3. The summed E-state index contributed by atoms with van der Waals surface area (Å²) in [5.41, 5.74) is 4.55. The summed E-state index contributed by atoms with van der Waals surface area (Å²) >= 11 is 0. The monoisotopic (exact) mass is 364 g/mol. The van der Waals surface area contributed by atoms with Gasteiger partial charge in [-0.3, -0.25) is 9.59 Å². The van der Waals surface area contributed by atoms with Gasteiger partial charge >= 0.3 is 0 Å². The minimum atomic E-state index is -0.230. The summed E-state index contributed by atoms with van der Waals surface area (Å²) in [5, 5.41) is 0. The molecule has 0 fully saturated rings. The van der Waals surface area contributed by atoms with Crippen LogP contribution < -0.4 is 4.74 Å². The first-order chi connectivity index (χ1) is 13.6. The molecule has 134 valence electrons. The van der Waals surface area contributed by atoms with Crippen LogP contribution in [-0.2, 0) is 0 Å². The first kappa shape index (κ1) is 16.5. The van der Waals surface area contributed by atoms with Crippen molar-refractivity contribution in [3.8, 4) is 5.75 Å². The van der Waals surface area contributed by atoms with Gasteiger partial charge in [-0.15, -0.1) is 0 Å². The van der Waals surface area contributed by atoms with Gasteiger partial charge in [0.1, 0.15) is 11.5 Å². The highest BCUT2D eigenvalue weighted by Crippen LogP contribution is 2.41. The number of carbonyl (C=O) groups excluding carboxylic acids is 2. The van der Waals surface area contributed by atoms with E-state index >= 15 is 0 Å². The molecule has 0 radical (unpaired) electrons. The lowest BCUT2D eigenvalue weighted by atomic mass is 9.92. The fraction of sp³-hybridized carbons (Fsp3) is 0.0400. The Morgan fingerprint density at radius 1 is 0.679 bits per heavy atom. The molecule has 0 atom stereocenters. The third-order valence-corrected chi connectivity index (χ3v) is 5.15. The summed E-state index contributed by atoms with van der Waals surface area (Å²) in [5.74, 6) is 0.802. The van der Waals surface area contributed by atoms with Crippen LogP contribution in [-0.4, -0.2) is 11.6 Å². The average molecular weight is 364 g/mol. The van der Waals surface area contributed by atoms with Crippen LogP contribution in [0.4, 0.5) is 0 Å². The predicted octanol–water partition coefficient (Wildman–Crippen LogP) is 5.26. The highest BCUT2D eigenvalue weighted by Gasteiger charge is 2.36. The van der Waals surface area contributed by atoms with E-state index in [1.165, 1.54) is 0 Å². The normalized spacial score (nSPS) is 15.1. The minimum Gasteiger partial charge on any atom is -0.456 e. The summed E-state index contributed by atoms with van der Waals surface area (Å²) in [4.78, 5) is 26.1. The number of rotatable bonds is 1. The lowest BCUT2D eigenvalue weighted by Crippen LogP contribution is -2.10. The van der Waals surface area contributed by atoms with E-state index in [1.54, 1.807) is 24.3 Å². The number of ether oxygens (including phenoxy) is 1. The van der Waals surface area contributed by atoms with Crippen molar-refractivity contribution >= 4 is 22.9 Å². The summed E-state index contributed by atoms with van der Waals surface area (Å²) in [6, 6.07) is 22.4. The summed E-state index contributed by atoms with van der Waals surface area (Å²) in [6.45, 7) is 2.02. The van der Waals surface area contributed by atoms with Crippen molar-refractivity contribution in [1.82, 2.24) is 0 Å². The predicted molar refractivity (Wildman–Crippen MR) is 108 cm³/mol. The SMILES string of the molecule is Cc1ccc(C2=CC(=C3C(=O)c4ccccc4C3=O)c3ccccc3O2)cc1. The van der Waals surface area contributed by atoms with E-state index < -0.39 is 0 Å². The van der Waals surface area contributed by atoms with E-state index in [9.17, 15) is 9.59 Å². The molecular weight excluding hydrogens is 348 g/mol. The standard InChI is InChI=1S/C25H16O3/c1-15-10-12-16(13-11-15)22-14-20(17-6-4-5-9-21(17)28-22)23-24(26)18-7-2-3-8-19(18)25(23)27/h2-14H,1H3. The molecule has 2 aliphatic rings. The van der Waals surface area contributed by atoms with Crippen molar-refractivity contribution in [2.75, 3.05) is 0 Å². The van der Waals surface area contributed by atoms with Crippen LogP contribution in [0.15, 0.2) is 84.4 Å². The molecule has 3 nitrogen and oxygen atoms in total. The molecule has 0 aromatic heterocycles. The Morgan fingerprint density at radius 3 is 1.89 bits per heavy atom. The molecule has 1 aliphatic carbocycles. The van der Waals surface area contributed by atoms with E-state index in [0.29, 0.717) is 28.2 Å². The Hall–Kier alpha value is -3.72. The van der Waals surface area contributed by atoms with E-state index in [2.05, 4.69) is 0 Å². The molecule has 0 bridgehead atoms. The average Bonchev–Trinajstić information content (AvgIpc) is 2.98. The highest BCUT2D eigenvalue weighted by molar-refractivity contribution is 6.43. The third-order valence-electron chi connectivity index (χ3n) is 5.15. The van der Waals surface area contributed by atoms with E-state index in [4.69, 9.17) is 4.74 Å². The molecule has 1 aliphatic heterocycles. The number of carbonyl (C=O) groups is 2. The van der Waals surface area contributed by atoms with Gasteiger partial charge in [0.15, 0.2) is 11.6 Å². The van der Waals surface area contributed by atoms with Crippen LogP contribution in [0.1, 0.15) is 37.4 Å². The third kappa shape index (κ3) is 2.44. The zero-order chi connectivity index (χ0) is 19.3. The van der Waals surface area contributed by atoms with Crippen LogP contribution in [0.25, 0.3) is 11.3 Å². The number of fused-ring (bicyclic) bond motifs is 2. The molecule has 5 rings (SSSR count). The number of aryl methyl sites for hydroxylation is 1. The molecule has 0 saturated carbocycles. The van der Waals surface area contributed by atoms with Gasteiger partial charge in [0, 0.05) is 27.8 Å². The van der Waals surface area contributed by atoms with Gasteiger partial charge in [-0.05, 0) is 19.1 Å². The van der Waals surface area contributed by atoms with Crippen LogP contribution in [0.3, 0.4) is 0 Å². The molecular formula is C25H16O3. The first-order valence-corrected chi connectivity index (χ1v) is 9.12. The van der Waals surface area contributed by atoms with Crippen molar-refractivity contribution in [2.24, 2.45) is 0 Å². The molecule has 28 heavy (non-hydrogen) atoms. The van der Waals surface area contributed by atoms with Gasteiger partial charge in [-0.1, -0.05) is 72.3 Å². The summed E-state index contributed by atoms with van der Waals surface area (Å²) in [7, 11) is 0. The maximum Gasteiger partial charge on any atom is 0.198 e. The fourth-order valence-electron chi connectivity index (χ4n) is 3.70. The van der Waals surface area contributed by atoms with Gasteiger partial charge in [0.2, 0.25) is 0 Å². The zero-order valence-corrected chi connectivity index (χ0v) is 15.2. The number of allylic oxidation sites excluding steroid dienone is 3. The van der Waals surface area contributed by atoms with Crippen molar-refractivity contribution < 1.29 is 14.3 Å². The highest BCUT2D eigenvalue weighted by atomic mass is 16.5. The van der Waals surface area contributed by atoms with Gasteiger partial charge in [-0.2, -0.15) is 0 Å². The number of hydrogen-bond donors (Lipinski definition) is 0. The Bertz CT molecular complexity index is 1170. The second kappa shape index (κ2) is 6.17. The Labute approximate surface area is 162 Å². The molecule has 0 saturated heterocycles. The van der Waals surface area contributed by atoms with E-state index in [-0.39, 0.29) is 17.1 Å². The molecule has 0 unspecified atom stereocenters. The largest absolute Gasteiger partial charge is 0.456 e. The first-order valence-electron chi connectivity index (χ1n) is 9.12. The van der Waals surface area contributed by atoms with Crippen LogP contribution in [0.2, 0.25) is 0 Å². The van der Waals surface area contributed by atoms with Crippen molar-refractivity contribution in [1.29, 1.82) is 0 Å². The number of hydrogen-bond acceptors (Lipinski definition) is 3. The van der Waals surface area contributed by atoms with Gasteiger partial charge in [0.05, 0.1) is 5.57 Å². The van der Waals surface area contributed by atoms with Gasteiger partial charge in [-0.25, -0.2) is 0 Å². The van der Waals surface area contributed by atoms with Gasteiger partial charge in [0.25, 0.3) is 0 Å². The number of para-hydroxylation sites is 1. The Balaban J connectivity index is 1.75. The second-order valence-electron chi connectivity index (χ2n) is 6.97. The smallest absolute Gasteiger partial charge is 0.198 e. The van der Waals surface area contributed by atoms with E-state index in [1.807, 2.05) is 61.5 Å². The molecule has 0 amide bonds. The topological polar surface area (TPSA) is 43.4 Å². The van der Waals surface area contributed by atoms with Crippen LogP contribution >= 0.6 is 0 Å². The molecule has 3 aromatic carbocycles. The lowest BCUT2D eigenvalue weighted by molar-refractivity contribution is 0.0990. The van der Waals surface area contributed by atoms with Crippen LogP contribution in [0.5, 0.6) is 5.75 Å². The maximum atomic E-state index is 13.1. The summed E-state index contributed by atoms with van der Waals surface area (Å²) < 4.78 is 6.10. The quantitative estimate of drug-likeness (QED) is 0.437.